The van der Waals surface area contributed by atoms with Gasteiger partial charge in [0.1, 0.15) is 17.1 Å². The minimum Gasteiger partial charge on any atom is -0.497 e. The first kappa shape index (κ1) is 21.0. The van der Waals surface area contributed by atoms with Crippen molar-refractivity contribution in [2.45, 2.75) is 18.4 Å². The second-order valence-corrected chi connectivity index (χ2v) is 7.78. The molecule has 0 saturated carbocycles. The number of methoxy groups -OCH3 is 2. The molecule has 164 valence electrons. The van der Waals surface area contributed by atoms with Gasteiger partial charge in [-0.1, -0.05) is 12.1 Å². The van der Waals surface area contributed by atoms with E-state index in [1.807, 2.05) is 53.4 Å². The van der Waals surface area contributed by atoms with Crippen molar-refractivity contribution in [3.8, 4) is 5.75 Å². The van der Waals surface area contributed by atoms with Crippen molar-refractivity contribution in [1.29, 1.82) is 0 Å². The summed E-state index contributed by atoms with van der Waals surface area (Å²) in [6.07, 6.45) is 1.75. The number of piperidine rings is 1. The summed E-state index contributed by atoms with van der Waals surface area (Å²) >= 11 is 0. The minimum absolute atomic E-state index is 0.124. The van der Waals surface area contributed by atoms with Crippen LogP contribution in [0.1, 0.15) is 12.8 Å². The van der Waals surface area contributed by atoms with Crippen molar-refractivity contribution < 1.29 is 14.3 Å². The fourth-order valence-electron chi connectivity index (χ4n) is 4.11. The SMILES string of the molecule is COCCN=C1Nc2ccccc2N[C@@]12CCCN(C(=O)Nc1ccc(OC)cc1)C2. The highest BCUT2D eigenvalue weighted by Crippen LogP contribution is 2.36. The first-order valence-electron chi connectivity index (χ1n) is 10.5. The first-order chi connectivity index (χ1) is 15.1. The third kappa shape index (κ3) is 4.59. The van der Waals surface area contributed by atoms with E-state index in [0.717, 1.165) is 41.5 Å². The number of rotatable bonds is 5. The maximum atomic E-state index is 13.0. The Morgan fingerprint density at radius 2 is 1.94 bits per heavy atom. The number of ether oxygens (including phenoxy) is 2. The van der Waals surface area contributed by atoms with Crippen LogP contribution in [0.5, 0.6) is 5.75 Å². The van der Waals surface area contributed by atoms with Gasteiger partial charge in [0.15, 0.2) is 0 Å². The van der Waals surface area contributed by atoms with Gasteiger partial charge in [-0.2, -0.15) is 0 Å². The normalized spacial score (nSPS) is 21.2. The van der Waals surface area contributed by atoms with E-state index in [1.165, 1.54) is 0 Å². The lowest BCUT2D eigenvalue weighted by Crippen LogP contribution is -2.63. The predicted octanol–water partition coefficient (Wildman–Crippen LogP) is 3.64. The van der Waals surface area contributed by atoms with Gasteiger partial charge in [-0.25, -0.2) is 4.79 Å². The van der Waals surface area contributed by atoms with Crippen LogP contribution in [-0.4, -0.2) is 62.8 Å². The number of carbonyl (C=O) groups excluding carboxylic acids is 1. The van der Waals surface area contributed by atoms with E-state index in [2.05, 4.69) is 16.0 Å². The second-order valence-electron chi connectivity index (χ2n) is 7.78. The number of amidine groups is 1. The summed E-state index contributed by atoms with van der Waals surface area (Å²) < 4.78 is 10.4. The summed E-state index contributed by atoms with van der Waals surface area (Å²) in [4.78, 5) is 19.7. The standard InChI is InChI=1S/C23H29N5O3/c1-30-15-13-24-21-23(27-20-7-4-3-6-19(20)26-21)12-5-14-28(16-23)22(29)25-17-8-10-18(31-2)11-9-17/h3-4,6-11,27H,5,12-16H2,1-2H3,(H,24,26)(H,25,29)/t23-/m1/s1. The molecule has 2 aliphatic heterocycles. The molecule has 8 heteroatoms. The largest absolute Gasteiger partial charge is 0.497 e. The molecular weight excluding hydrogens is 394 g/mol. The van der Waals surface area contributed by atoms with Gasteiger partial charge in [0.05, 0.1) is 38.2 Å². The molecule has 4 rings (SSSR count). The molecule has 1 saturated heterocycles. The minimum atomic E-state index is -0.461. The summed E-state index contributed by atoms with van der Waals surface area (Å²) in [5.41, 5.74) is 2.28. The van der Waals surface area contributed by atoms with Crippen molar-refractivity contribution >= 4 is 28.9 Å². The average molecular weight is 424 g/mol. The molecule has 1 spiro atoms. The van der Waals surface area contributed by atoms with Crippen molar-refractivity contribution in [2.75, 3.05) is 56.4 Å². The monoisotopic (exact) mass is 423 g/mol. The van der Waals surface area contributed by atoms with Crippen LogP contribution in [0.25, 0.3) is 0 Å². The Bertz CT molecular complexity index is 946. The van der Waals surface area contributed by atoms with E-state index in [-0.39, 0.29) is 6.03 Å². The Hall–Kier alpha value is -3.26. The summed E-state index contributed by atoms with van der Waals surface area (Å²) in [7, 11) is 3.29. The second kappa shape index (κ2) is 9.26. The Morgan fingerprint density at radius 3 is 2.68 bits per heavy atom. The van der Waals surface area contributed by atoms with Gasteiger partial charge in [-0.05, 0) is 49.2 Å². The van der Waals surface area contributed by atoms with Crippen LogP contribution in [0.4, 0.5) is 21.9 Å². The average Bonchev–Trinajstić information content (AvgIpc) is 2.80. The highest BCUT2D eigenvalue weighted by Gasteiger charge is 2.44. The molecule has 0 aliphatic carbocycles. The number of aliphatic imine (C=N–C) groups is 1. The summed E-state index contributed by atoms with van der Waals surface area (Å²) in [5, 5.41) is 10.2. The number of fused-ring (bicyclic) bond motifs is 1. The molecular formula is C23H29N5O3. The molecule has 1 fully saturated rings. The first-order valence-corrected chi connectivity index (χ1v) is 10.5. The van der Waals surface area contributed by atoms with Crippen molar-refractivity contribution in [3.63, 3.8) is 0 Å². The van der Waals surface area contributed by atoms with Gasteiger partial charge in [0, 0.05) is 19.3 Å². The van der Waals surface area contributed by atoms with Crippen molar-refractivity contribution in [1.82, 2.24) is 4.90 Å². The van der Waals surface area contributed by atoms with Gasteiger partial charge in [0.2, 0.25) is 0 Å². The van der Waals surface area contributed by atoms with Gasteiger partial charge in [-0.15, -0.1) is 0 Å². The Kier molecular flexibility index (Phi) is 6.27. The Labute approximate surface area is 182 Å². The van der Waals surface area contributed by atoms with Gasteiger partial charge in [0.25, 0.3) is 0 Å². The molecule has 0 radical (unpaired) electrons. The van der Waals surface area contributed by atoms with Crippen LogP contribution >= 0.6 is 0 Å². The van der Waals surface area contributed by atoms with Crippen LogP contribution in [0, 0.1) is 0 Å². The number of carbonyl (C=O) groups is 1. The van der Waals surface area contributed by atoms with Gasteiger partial charge in [-0.3, -0.25) is 4.99 Å². The Balaban J connectivity index is 1.54. The number of benzene rings is 2. The van der Waals surface area contributed by atoms with Crippen LogP contribution in [0.3, 0.4) is 0 Å². The zero-order valence-corrected chi connectivity index (χ0v) is 18.0. The van der Waals surface area contributed by atoms with E-state index in [4.69, 9.17) is 14.5 Å². The zero-order chi connectivity index (χ0) is 21.7. The number of nitrogens with one attached hydrogen (secondary N) is 3. The summed E-state index contributed by atoms with van der Waals surface area (Å²) in [6, 6.07) is 15.3. The molecule has 8 nitrogen and oxygen atoms in total. The van der Waals surface area contributed by atoms with Gasteiger partial charge >= 0.3 is 6.03 Å². The van der Waals surface area contributed by atoms with Crippen LogP contribution in [0.2, 0.25) is 0 Å². The number of anilines is 3. The molecule has 31 heavy (non-hydrogen) atoms. The molecule has 0 aromatic heterocycles. The van der Waals surface area contributed by atoms with Crippen LogP contribution < -0.4 is 20.7 Å². The summed E-state index contributed by atoms with van der Waals surface area (Å²) in [5.74, 6) is 1.60. The predicted molar refractivity (Wildman–Crippen MR) is 123 cm³/mol. The number of amides is 2. The van der Waals surface area contributed by atoms with Crippen LogP contribution in [-0.2, 0) is 4.74 Å². The smallest absolute Gasteiger partial charge is 0.321 e. The van der Waals surface area contributed by atoms with E-state index < -0.39 is 5.54 Å². The fourth-order valence-corrected chi connectivity index (χ4v) is 4.11. The molecule has 2 aromatic rings. The molecule has 2 aromatic carbocycles. The molecule has 2 aliphatic rings. The fraction of sp³-hybridized carbons (Fsp3) is 0.391. The zero-order valence-electron chi connectivity index (χ0n) is 18.0. The van der Waals surface area contributed by atoms with Gasteiger partial charge < -0.3 is 30.3 Å². The number of para-hydroxylation sites is 2. The quantitative estimate of drug-likeness (QED) is 0.639. The van der Waals surface area contributed by atoms with Crippen LogP contribution in [0.15, 0.2) is 53.5 Å². The number of nitrogens with zero attached hydrogens (tertiary/aromatic N) is 2. The highest BCUT2D eigenvalue weighted by molar-refractivity contribution is 6.10. The maximum absolute atomic E-state index is 13.0. The topological polar surface area (TPSA) is 87.2 Å². The van der Waals surface area contributed by atoms with E-state index in [9.17, 15) is 4.79 Å². The molecule has 2 amide bonds. The lowest BCUT2D eigenvalue weighted by Gasteiger charge is -2.47. The van der Waals surface area contributed by atoms with Crippen molar-refractivity contribution in [3.05, 3.63) is 48.5 Å². The third-order valence-corrected chi connectivity index (χ3v) is 5.69. The van der Waals surface area contributed by atoms with E-state index in [0.29, 0.717) is 26.2 Å². The molecule has 0 unspecified atom stereocenters. The molecule has 1 atom stereocenters. The number of urea groups is 1. The number of hydrogen-bond acceptors (Lipinski definition) is 5. The number of likely N-dealkylation sites (tertiary alicyclic amines) is 1. The Morgan fingerprint density at radius 1 is 1.16 bits per heavy atom. The van der Waals surface area contributed by atoms with Crippen molar-refractivity contribution in [2.24, 2.45) is 4.99 Å². The molecule has 0 bridgehead atoms. The lowest BCUT2D eigenvalue weighted by molar-refractivity contribution is 0.186. The lowest BCUT2D eigenvalue weighted by atomic mass is 9.85. The van der Waals surface area contributed by atoms with E-state index >= 15 is 0 Å². The highest BCUT2D eigenvalue weighted by atomic mass is 16.5. The maximum Gasteiger partial charge on any atom is 0.321 e. The molecule has 2 heterocycles. The third-order valence-electron chi connectivity index (χ3n) is 5.69. The summed E-state index contributed by atoms with van der Waals surface area (Å²) in [6.45, 7) is 2.31. The number of hydrogen-bond donors (Lipinski definition) is 3. The molecule has 3 N–H and O–H groups in total. The van der Waals surface area contributed by atoms with E-state index in [1.54, 1.807) is 14.2 Å².